The number of aryl methyl sites for hydroxylation is 1. The Bertz CT molecular complexity index is 744. The van der Waals surface area contributed by atoms with Crippen LogP contribution in [0.3, 0.4) is 0 Å². The molecule has 0 spiro atoms. The molecule has 0 amide bonds. The van der Waals surface area contributed by atoms with Gasteiger partial charge in [0.2, 0.25) is 5.89 Å². The highest BCUT2D eigenvalue weighted by Crippen LogP contribution is 2.20. The molecule has 7 heteroatoms. The predicted octanol–water partition coefficient (Wildman–Crippen LogP) is 3.10. The van der Waals surface area contributed by atoms with E-state index in [-0.39, 0.29) is 0 Å². The van der Waals surface area contributed by atoms with Gasteiger partial charge in [-0.15, -0.1) is 0 Å². The number of anilines is 1. The largest absolute Gasteiger partial charge is 0.361 e. The SMILES string of the molecule is Cc1noc(CNc2cc(Cl)nc(-c3ccccc3)n2)n1. The summed E-state index contributed by atoms with van der Waals surface area (Å²) in [4.78, 5) is 12.8. The first-order valence-corrected chi connectivity index (χ1v) is 6.71. The van der Waals surface area contributed by atoms with Crippen molar-refractivity contribution in [3.05, 3.63) is 53.3 Å². The smallest absolute Gasteiger partial charge is 0.245 e. The van der Waals surface area contributed by atoms with E-state index in [2.05, 4.69) is 25.4 Å². The van der Waals surface area contributed by atoms with Gasteiger partial charge in [-0.1, -0.05) is 47.1 Å². The van der Waals surface area contributed by atoms with Crippen molar-refractivity contribution in [3.63, 3.8) is 0 Å². The predicted molar refractivity (Wildman–Crippen MR) is 78.8 cm³/mol. The summed E-state index contributed by atoms with van der Waals surface area (Å²) in [5, 5.41) is 7.19. The molecule has 0 aliphatic rings. The van der Waals surface area contributed by atoms with E-state index < -0.39 is 0 Å². The maximum atomic E-state index is 6.04. The van der Waals surface area contributed by atoms with Crippen molar-refractivity contribution >= 4 is 17.4 Å². The second-order valence-corrected chi connectivity index (χ2v) is 4.74. The van der Waals surface area contributed by atoms with Crippen molar-refractivity contribution in [1.82, 2.24) is 20.1 Å². The van der Waals surface area contributed by atoms with Crippen LogP contribution in [0, 0.1) is 6.92 Å². The van der Waals surface area contributed by atoms with Gasteiger partial charge in [-0.05, 0) is 6.92 Å². The van der Waals surface area contributed by atoms with E-state index in [1.165, 1.54) is 0 Å². The van der Waals surface area contributed by atoms with Gasteiger partial charge in [-0.2, -0.15) is 4.98 Å². The second kappa shape index (κ2) is 5.88. The molecule has 0 radical (unpaired) electrons. The summed E-state index contributed by atoms with van der Waals surface area (Å²) in [6, 6.07) is 11.3. The van der Waals surface area contributed by atoms with Crippen molar-refractivity contribution in [2.75, 3.05) is 5.32 Å². The zero-order chi connectivity index (χ0) is 14.7. The molecule has 0 saturated heterocycles. The first-order valence-electron chi connectivity index (χ1n) is 6.34. The van der Waals surface area contributed by atoms with Gasteiger partial charge in [-0.3, -0.25) is 0 Å². The Kier molecular flexibility index (Phi) is 3.79. The first-order chi connectivity index (χ1) is 10.2. The maximum Gasteiger partial charge on any atom is 0.245 e. The van der Waals surface area contributed by atoms with E-state index >= 15 is 0 Å². The molecule has 2 aromatic heterocycles. The molecule has 3 aromatic rings. The summed E-state index contributed by atoms with van der Waals surface area (Å²) in [5.41, 5.74) is 0.900. The van der Waals surface area contributed by atoms with Crippen molar-refractivity contribution in [3.8, 4) is 11.4 Å². The van der Waals surface area contributed by atoms with Crippen molar-refractivity contribution < 1.29 is 4.52 Å². The lowest BCUT2D eigenvalue weighted by molar-refractivity contribution is 0.379. The zero-order valence-electron chi connectivity index (χ0n) is 11.2. The van der Waals surface area contributed by atoms with E-state index in [0.29, 0.717) is 35.1 Å². The summed E-state index contributed by atoms with van der Waals surface area (Å²) < 4.78 is 5.03. The molecule has 0 saturated carbocycles. The molecule has 0 fully saturated rings. The van der Waals surface area contributed by atoms with Crippen LogP contribution in [0.2, 0.25) is 5.15 Å². The number of hydrogen-bond acceptors (Lipinski definition) is 6. The highest BCUT2D eigenvalue weighted by Gasteiger charge is 2.07. The molecule has 2 heterocycles. The summed E-state index contributed by atoms with van der Waals surface area (Å²) in [6.07, 6.45) is 0. The van der Waals surface area contributed by atoms with E-state index in [0.717, 1.165) is 5.56 Å². The van der Waals surface area contributed by atoms with Gasteiger partial charge in [-0.25, -0.2) is 9.97 Å². The Morgan fingerprint density at radius 3 is 2.67 bits per heavy atom. The third-order valence-corrected chi connectivity index (χ3v) is 2.91. The molecule has 3 rings (SSSR count). The fraction of sp³-hybridized carbons (Fsp3) is 0.143. The number of aromatic nitrogens is 4. The summed E-state index contributed by atoms with van der Waals surface area (Å²) in [6.45, 7) is 2.14. The third-order valence-electron chi connectivity index (χ3n) is 2.72. The van der Waals surface area contributed by atoms with Crippen molar-refractivity contribution in [2.45, 2.75) is 13.5 Å². The van der Waals surface area contributed by atoms with Crippen LogP contribution in [0.5, 0.6) is 0 Å². The minimum atomic E-state index is 0.369. The van der Waals surface area contributed by atoms with Gasteiger partial charge in [0.15, 0.2) is 11.6 Å². The van der Waals surface area contributed by atoms with Gasteiger partial charge in [0, 0.05) is 11.6 Å². The second-order valence-electron chi connectivity index (χ2n) is 4.35. The normalized spacial score (nSPS) is 10.6. The topological polar surface area (TPSA) is 76.7 Å². The lowest BCUT2D eigenvalue weighted by atomic mass is 10.2. The van der Waals surface area contributed by atoms with Gasteiger partial charge >= 0.3 is 0 Å². The van der Waals surface area contributed by atoms with Crippen LogP contribution < -0.4 is 5.32 Å². The average Bonchev–Trinajstić information content (AvgIpc) is 2.91. The Hall–Kier alpha value is -2.47. The Labute approximate surface area is 126 Å². The Morgan fingerprint density at radius 2 is 1.95 bits per heavy atom. The van der Waals surface area contributed by atoms with Crippen LogP contribution in [0.25, 0.3) is 11.4 Å². The molecule has 0 aliphatic heterocycles. The van der Waals surface area contributed by atoms with Crippen LogP contribution >= 0.6 is 11.6 Å². The number of hydrogen-bond donors (Lipinski definition) is 1. The fourth-order valence-electron chi connectivity index (χ4n) is 1.80. The molecular weight excluding hydrogens is 290 g/mol. The lowest BCUT2D eigenvalue weighted by Gasteiger charge is -2.06. The number of nitrogens with zero attached hydrogens (tertiary/aromatic N) is 4. The fourth-order valence-corrected chi connectivity index (χ4v) is 1.99. The van der Waals surface area contributed by atoms with Gasteiger partial charge in [0.1, 0.15) is 11.0 Å². The molecule has 6 nitrogen and oxygen atoms in total. The molecule has 0 bridgehead atoms. The quantitative estimate of drug-likeness (QED) is 0.746. The number of nitrogens with one attached hydrogen (secondary N) is 1. The van der Waals surface area contributed by atoms with E-state index in [9.17, 15) is 0 Å². The van der Waals surface area contributed by atoms with E-state index in [4.69, 9.17) is 16.1 Å². The molecule has 0 aliphatic carbocycles. The van der Waals surface area contributed by atoms with Crippen LogP contribution in [0.4, 0.5) is 5.82 Å². The van der Waals surface area contributed by atoms with E-state index in [1.54, 1.807) is 13.0 Å². The van der Waals surface area contributed by atoms with Gasteiger partial charge < -0.3 is 9.84 Å². The zero-order valence-corrected chi connectivity index (χ0v) is 12.0. The van der Waals surface area contributed by atoms with Gasteiger partial charge in [0.25, 0.3) is 0 Å². The minimum absolute atomic E-state index is 0.369. The van der Waals surface area contributed by atoms with Crippen LogP contribution in [-0.2, 0) is 6.54 Å². The maximum absolute atomic E-state index is 6.04. The van der Waals surface area contributed by atoms with Crippen LogP contribution in [0.15, 0.2) is 40.9 Å². The average molecular weight is 302 g/mol. The Balaban J connectivity index is 1.81. The minimum Gasteiger partial charge on any atom is -0.361 e. The first kappa shape index (κ1) is 13.5. The summed E-state index contributed by atoms with van der Waals surface area (Å²) in [5.74, 6) is 2.25. The number of benzene rings is 1. The summed E-state index contributed by atoms with van der Waals surface area (Å²) >= 11 is 6.04. The highest BCUT2D eigenvalue weighted by atomic mass is 35.5. The third kappa shape index (κ3) is 3.35. The van der Waals surface area contributed by atoms with E-state index in [1.807, 2.05) is 30.3 Å². The van der Waals surface area contributed by atoms with Crippen molar-refractivity contribution in [2.24, 2.45) is 0 Å². The van der Waals surface area contributed by atoms with Crippen molar-refractivity contribution in [1.29, 1.82) is 0 Å². The summed E-state index contributed by atoms with van der Waals surface area (Å²) in [7, 11) is 0. The number of rotatable bonds is 4. The van der Waals surface area contributed by atoms with Crippen LogP contribution in [0.1, 0.15) is 11.7 Å². The standard InChI is InChI=1S/C14H12ClN5O/c1-9-17-13(21-20-9)8-16-12-7-11(15)18-14(19-12)10-5-3-2-4-6-10/h2-7H,8H2,1H3,(H,16,18,19). The van der Waals surface area contributed by atoms with Crippen LogP contribution in [-0.4, -0.2) is 20.1 Å². The molecule has 1 N–H and O–H groups in total. The number of halogens is 1. The molecule has 1 aromatic carbocycles. The monoisotopic (exact) mass is 301 g/mol. The molecular formula is C14H12ClN5O. The van der Waals surface area contributed by atoms with Gasteiger partial charge in [0.05, 0.1) is 6.54 Å². The highest BCUT2D eigenvalue weighted by molar-refractivity contribution is 6.29. The molecule has 0 unspecified atom stereocenters. The molecule has 21 heavy (non-hydrogen) atoms. The lowest BCUT2D eigenvalue weighted by Crippen LogP contribution is -2.03. The molecule has 106 valence electrons. The molecule has 0 atom stereocenters. The Morgan fingerprint density at radius 1 is 1.14 bits per heavy atom.